The van der Waals surface area contributed by atoms with Crippen LogP contribution in [0.15, 0.2) is 48.5 Å². The molecule has 0 spiro atoms. The Balaban J connectivity index is -0.000000167. The fourth-order valence-corrected chi connectivity index (χ4v) is 4.08. The van der Waals surface area contributed by atoms with Crippen LogP contribution in [0, 0.1) is 0 Å². The van der Waals surface area contributed by atoms with Gasteiger partial charge in [-0.1, -0.05) is 118 Å². The maximum atomic E-state index is 4.81. The van der Waals surface area contributed by atoms with Gasteiger partial charge in [-0.2, -0.15) is 0 Å². The second-order valence-corrected chi connectivity index (χ2v) is 13.7. The average molecular weight is 1000 g/mol. The molecule has 2 aromatic rings. The third-order valence-electron chi connectivity index (χ3n) is 6.19. The molecule has 6 rings (SSSR count). The summed E-state index contributed by atoms with van der Waals surface area (Å²) in [5.41, 5.74) is 5.43. The van der Waals surface area contributed by atoms with Gasteiger partial charge in [-0.3, -0.25) is 0 Å². The minimum absolute atomic E-state index is 0. The number of hydrogen-bond acceptors (Lipinski definition) is 6. The van der Waals surface area contributed by atoms with Gasteiger partial charge in [0.2, 0.25) is 0 Å². The van der Waals surface area contributed by atoms with E-state index in [-0.39, 0.29) is 94.1 Å². The van der Waals surface area contributed by atoms with Crippen molar-refractivity contribution in [2.45, 2.75) is 60.5 Å². The van der Waals surface area contributed by atoms with Crippen molar-refractivity contribution in [1.82, 2.24) is 31.9 Å². The first-order chi connectivity index (χ1) is 20.4. The molecule has 10 N–H and O–H groups in total. The van der Waals surface area contributed by atoms with E-state index in [0.717, 1.165) is 104 Å². The Bertz CT molecular complexity index is 753. The number of benzene rings is 2. The summed E-state index contributed by atoms with van der Waals surface area (Å²) < 4.78 is -1.50. The summed E-state index contributed by atoms with van der Waals surface area (Å²) in [6.07, 6.45) is 4.63. The normalized spacial score (nSPS) is 14.7. The second-order valence-electron chi connectivity index (χ2n) is 9.75. The second kappa shape index (κ2) is 51.0. The Morgan fingerprint density at radius 3 is 0.640 bits per heavy atom. The average Bonchev–Trinajstić information content (AvgIpc) is 2.95. The van der Waals surface area contributed by atoms with Gasteiger partial charge in [-0.15, -0.1) is 0 Å². The van der Waals surface area contributed by atoms with E-state index in [9.17, 15) is 0 Å². The predicted molar refractivity (Wildman–Crippen MR) is 194 cm³/mol. The zero-order valence-electron chi connectivity index (χ0n) is 27.5. The molecular weight excluding hydrogens is 949 g/mol. The van der Waals surface area contributed by atoms with Crippen molar-refractivity contribution < 1.29 is 94.1 Å². The van der Waals surface area contributed by atoms with Crippen molar-refractivity contribution in [2.24, 2.45) is 0 Å². The van der Waals surface area contributed by atoms with E-state index >= 15 is 0 Å². The Labute approximate surface area is 375 Å². The molecule has 2 aromatic carbocycles. The van der Waals surface area contributed by atoms with Gasteiger partial charge in [0.1, 0.15) is 0 Å². The summed E-state index contributed by atoms with van der Waals surface area (Å²) in [6.45, 7) is 12.3. The monoisotopic (exact) mass is 996 g/mol. The molecule has 50 heavy (non-hydrogen) atoms. The van der Waals surface area contributed by atoms with Crippen molar-refractivity contribution >= 4 is 69.6 Å². The molecule has 0 fully saturated rings. The molecule has 302 valence electrons. The van der Waals surface area contributed by atoms with E-state index in [4.69, 9.17) is 69.6 Å². The topological polar surface area (TPSA) is 135 Å². The van der Waals surface area contributed by atoms with E-state index in [1.807, 2.05) is 0 Å². The smallest absolute Gasteiger partial charge is 1.00 e. The van der Waals surface area contributed by atoms with Gasteiger partial charge in [-0.05, 0) is 100 Å². The van der Waals surface area contributed by atoms with Crippen molar-refractivity contribution in [2.75, 3.05) is 52.4 Å². The molecule has 4 aliphatic heterocycles. The minimum Gasteiger partial charge on any atom is -1.00 e. The van der Waals surface area contributed by atoms with Gasteiger partial charge in [0, 0.05) is 26.2 Å². The molecular formula is C30H52Cl10Co2N6O2. The summed E-state index contributed by atoms with van der Waals surface area (Å²) in [5.74, 6) is 0. The van der Waals surface area contributed by atoms with Crippen molar-refractivity contribution in [3.8, 4) is 0 Å². The molecule has 8 nitrogen and oxygen atoms in total. The van der Waals surface area contributed by atoms with Crippen LogP contribution in [0.5, 0.6) is 0 Å². The van der Waals surface area contributed by atoms with Crippen molar-refractivity contribution in [3.63, 3.8) is 0 Å². The fraction of sp³-hybridized carbons (Fsp3) is 0.600. The first-order valence-corrected chi connectivity index (χ1v) is 17.2. The molecule has 0 aliphatic carbocycles. The largest absolute Gasteiger partial charge is 2.00 e. The van der Waals surface area contributed by atoms with E-state index in [1.54, 1.807) is 0 Å². The van der Waals surface area contributed by atoms with Crippen molar-refractivity contribution in [1.29, 1.82) is 0 Å². The molecule has 0 unspecified atom stereocenters. The molecule has 4 aliphatic rings. The maximum absolute atomic E-state index is 4.81. The maximum Gasteiger partial charge on any atom is 2.00 e. The van der Waals surface area contributed by atoms with Gasteiger partial charge in [0.05, 0.1) is 0 Å². The van der Waals surface area contributed by atoms with E-state index < -0.39 is 8.59 Å². The molecule has 0 aromatic heterocycles. The summed E-state index contributed by atoms with van der Waals surface area (Å²) in [6, 6.07) is 18.0. The van der Waals surface area contributed by atoms with Crippen LogP contribution in [0.4, 0.5) is 0 Å². The SMILES string of the molecule is ClC(Cl)Cl.ClC(Cl)Cl.O.O.[Cl-].[Cl-].[Cl-].[Cl-].[Co+2].[Co+2].c1cc2ccc1CNCCCNCCCNCc1ccc(cc1)CNCCCNCCCNC2. The van der Waals surface area contributed by atoms with E-state index in [1.165, 1.54) is 22.3 Å². The number of alkyl halides is 6. The molecule has 4 heterocycles. The van der Waals surface area contributed by atoms with Gasteiger partial charge >= 0.3 is 33.6 Å². The van der Waals surface area contributed by atoms with Gasteiger partial charge < -0.3 is 92.5 Å². The summed E-state index contributed by atoms with van der Waals surface area (Å²) in [7, 11) is 0. The van der Waals surface area contributed by atoms with Crippen LogP contribution in [0.1, 0.15) is 47.9 Å². The van der Waals surface area contributed by atoms with Gasteiger partial charge in [0.25, 0.3) is 0 Å². The zero-order chi connectivity index (χ0) is 30.7. The molecule has 0 atom stereocenters. The van der Waals surface area contributed by atoms with Crippen LogP contribution >= 0.6 is 69.6 Å². The zero-order valence-corrected chi connectivity index (χ0v) is 37.2. The van der Waals surface area contributed by atoms with Gasteiger partial charge in [0.15, 0.2) is 8.59 Å². The van der Waals surface area contributed by atoms with Crippen LogP contribution in [0.25, 0.3) is 0 Å². The van der Waals surface area contributed by atoms with Crippen molar-refractivity contribution in [3.05, 3.63) is 70.8 Å². The predicted octanol–water partition coefficient (Wildman–Crippen LogP) is -7.17. The molecule has 20 heteroatoms. The van der Waals surface area contributed by atoms with Gasteiger partial charge in [-0.25, -0.2) is 0 Å². The quantitative estimate of drug-likeness (QED) is 0.146. The first-order valence-electron chi connectivity index (χ1n) is 14.6. The number of hydrogen-bond donors (Lipinski definition) is 6. The Morgan fingerprint density at radius 2 is 0.480 bits per heavy atom. The third kappa shape index (κ3) is 48.1. The van der Waals surface area contributed by atoms with E-state index in [2.05, 4.69) is 80.4 Å². The molecule has 4 bridgehead atoms. The van der Waals surface area contributed by atoms with Crippen LogP contribution in [0.2, 0.25) is 0 Å². The number of nitrogens with one attached hydrogen (secondary N) is 6. The van der Waals surface area contributed by atoms with Crippen LogP contribution < -0.4 is 81.5 Å². The Kier molecular flexibility index (Phi) is 71.3. The fourth-order valence-electron chi connectivity index (χ4n) is 4.08. The third-order valence-corrected chi connectivity index (χ3v) is 6.19. The Morgan fingerprint density at radius 1 is 0.340 bits per heavy atom. The molecule has 0 amide bonds. The summed E-state index contributed by atoms with van der Waals surface area (Å²) in [5, 5.41) is 21.4. The summed E-state index contributed by atoms with van der Waals surface area (Å²) in [4.78, 5) is 0. The van der Waals surface area contributed by atoms with Crippen LogP contribution in [-0.2, 0) is 59.7 Å². The summed E-state index contributed by atoms with van der Waals surface area (Å²) >= 11 is 28.8. The van der Waals surface area contributed by atoms with E-state index in [0.29, 0.717) is 0 Å². The van der Waals surface area contributed by atoms with Crippen LogP contribution in [0.3, 0.4) is 0 Å². The van der Waals surface area contributed by atoms with Crippen LogP contribution in [-0.4, -0.2) is 71.9 Å². The standard InChI is InChI=1S/C28H46N6.2CHCl3.4ClH.2Co.2H2O/c1-13-29-14-2-18-32-22-27-9-11-28(12-10-27)24-34-20-4-16-30-15-3-19-33-23-26-7-5-25(6-8-26)21-31-17-1;2*2-1(3)4;;;;;;;;/h5-12,29-34H,1-4,13-24H2;2*1H;4*1H;;;2*1H2/q;;;;;;;2*+2;;/p-4. The molecule has 0 saturated heterocycles. The number of rotatable bonds is 0. The first kappa shape index (κ1) is 69.9. The minimum atomic E-state index is -0.750. The Hall–Kier alpha value is 2.03. The number of halogens is 10. The molecule has 0 saturated carbocycles. The molecule has 2 radical (unpaired) electrons.